The molecular weight excluding hydrogens is 1320 g/mol. The van der Waals surface area contributed by atoms with Crippen LogP contribution in [0.2, 0.25) is 0 Å². The van der Waals surface area contributed by atoms with Crippen molar-refractivity contribution in [3.05, 3.63) is 0 Å². The summed E-state index contributed by atoms with van der Waals surface area (Å²) in [6.45, 7) is 12.0. The van der Waals surface area contributed by atoms with E-state index in [0.29, 0.717) is 25.7 Å². The quantitative estimate of drug-likeness (QED) is 0.0222. The molecule has 0 heterocycles. The summed E-state index contributed by atoms with van der Waals surface area (Å²) < 4.78 is 68.8. The molecule has 0 rings (SSSR count). The van der Waals surface area contributed by atoms with Gasteiger partial charge in [0.2, 0.25) is 0 Å². The second-order valence-electron chi connectivity index (χ2n) is 30.9. The standard InChI is InChI=1S/C82H160O17P2/c1-8-9-10-11-12-13-14-15-16-17-18-19-24-27-37-44-51-58-65-81(86)98-77(69-92-79(84)63-56-49-42-35-26-23-21-20-22-25-32-39-46-53-60-73(2)3)71-96-100(88,89)94-67-76(83)68-95-101(90,91)97-72-78(99-82(87)66-59-52-45-38-31-29-34-41-48-55-62-75(6)7)70-93-80(85)64-57-50-43-36-30-28-33-40-47-54-61-74(4)5/h73-78,83H,8-72H2,1-7H3,(H,88,89)(H,90,91)/t76-,77-,78-/m1/s1. The first kappa shape index (κ1) is 99.1. The van der Waals surface area contributed by atoms with Gasteiger partial charge in [0, 0.05) is 25.7 Å². The van der Waals surface area contributed by atoms with Crippen molar-refractivity contribution in [2.75, 3.05) is 39.6 Å². The van der Waals surface area contributed by atoms with Crippen molar-refractivity contribution in [3.8, 4) is 0 Å². The van der Waals surface area contributed by atoms with E-state index >= 15 is 0 Å². The van der Waals surface area contributed by atoms with Crippen LogP contribution < -0.4 is 0 Å². The number of hydrogen-bond donors (Lipinski definition) is 3. The van der Waals surface area contributed by atoms with Gasteiger partial charge in [-0.25, -0.2) is 9.13 Å². The van der Waals surface area contributed by atoms with E-state index in [1.165, 1.54) is 238 Å². The van der Waals surface area contributed by atoms with Gasteiger partial charge in [-0.05, 0) is 43.4 Å². The summed E-state index contributed by atoms with van der Waals surface area (Å²) in [5.41, 5.74) is 0. The molecule has 101 heavy (non-hydrogen) atoms. The molecule has 0 aromatic rings. The number of aliphatic hydroxyl groups is 1. The number of carbonyl (C=O) groups excluding carboxylic acids is 4. The van der Waals surface area contributed by atoms with Crippen LogP contribution in [0.4, 0.5) is 0 Å². The van der Waals surface area contributed by atoms with E-state index in [1.54, 1.807) is 0 Å². The van der Waals surface area contributed by atoms with Crippen LogP contribution in [0.25, 0.3) is 0 Å². The van der Waals surface area contributed by atoms with E-state index in [9.17, 15) is 43.2 Å². The second-order valence-corrected chi connectivity index (χ2v) is 33.8. The molecule has 600 valence electrons. The average molecular weight is 1480 g/mol. The Morgan fingerprint density at radius 3 is 0.673 bits per heavy atom. The SMILES string of the molecule is CCCCCCCCCCCCCCCCCCCCC(=O)O[C@H](COC(=O)CCCCCCCCCCCCCCCCC(C)C)COP(=O)(O)OC[C@@H](O)COP(=O)(O)OC[C@@H](COC(=O)CCCCCCCCCCCCC(C)C)OC(=O)CCCCCCCCCCCCC(C)C. The maximum atomic E-state index is 13.1. The summed E-state index contributed by atoms with van der Waals surface area (Å²) in [4.78, 5) is 73.1. The zero-order chi connectivity index (χ0) is 74.4. The Labute approximate surface area is 619 Å². The van der Waals surface area contributed by atoms with E-state index in [-0.39, 0.29) is 25.7 Å². The Kier molecular flexibility index (Phi) is 70.9. The Morgan fingerprint density at radius 2 is 0.455 bits per heavy atom. The van der Waals surface area contributed by atoms with Gasteiger partial charge in [-0.15, -0.1) is 0 Å². The molecular formula is C82H160O17P2. The van der Waals surface area contributed by atoms with E-state index in [2.05, 4.69) is 48.5 Å². The molecule has 0 aliphatic carbocycles. The second kappa shape index (κ2) is 72.3. The highest BCUT2D eigenvalue weighted by atomic mass is 31.2. The van der Waals surface area contributed by atoms with Gasteiger partial charge in [0.1, 0.15) is 19.3 Å². The summed E-state index contributed by atoms with van der Waals surface area (Å²) in [7, 11) is -9.92. The molecule has 0 spiro atoms. The lowest BCUT2D eigenvalue weighted by molar-refractivity contribution is -0.161. The van der Waals surface area contributed by atoms with Crippen LogP contribution in [-0.4, -0.2) is 96.7 Å². The molecule has 0 aromatic carbocycles. The molecule has 0 bridgehead atoms. The first-order valence-corrected chi connectivity index (χ1v) is 45.3. The Balaban J connectivity index is 5.26. The van der Waals surface area contributed by atoms with Crippen molar-refractivity contribution in [2.45, 2.75) is 446 Å². The maximum absolute atomic E-state index is 13.1. The van der Waals surface area contributed by atoms with Crippen LogP contribution in [0.5, 0.6) is 0 Å². The van der Waals surface area contributed by atoms with Crippen molar-refractivity contribution in [1.82, 2.24) is 0 Å². The number of hydrogen-bond acceptors (Lipinski definition) is 15. The van der Waals surface area contributed by atoms with Crippen molar-refractivity contribution in [3.63, 3.8) is 0 Å². The van der Waals surface area contributed by atoms with E-state index in [1.807, 2.05) is 0 Å². The lowest BCUT2D eigenvalue weighted by Crippen LogP contribution is -2.30. The lowest BCUT2D eigenvalue weighted by Gasteiger charge is -2.21. The minimum absolute atomic E-state index is 0.106. The van der Waals surface area contributed by atoms with E-state index in [0.717, 1.165) is 108 Å². The number of ether oxygens (including phenoxy) is 4. The number of carbonyl (C=O) groups is 4. The number of phosphoric ester groups is 2. The molecule has 5 atom stereocenters. The fourth-order valence-electron chi connectivity index (χ4n) is 12.7. The molecule has 3 N–H and O–H groups in total. The Morgan fingerprint density at radius 1 is 0.267 bits per heavy atom. The first-order chi connectivity index (χ1) is 48.7. The topological polar surface area (TPSA) is 237 Å². The van der Waals surface area contributed by atoms with Gasteiger partial charge in [-0.2, -0.15) is 0 Å². The van der Waals surface area contributed by atoms with E-state index < -0.39 is 97.5 Å². The molecule has 0 saturated heterocycles. The normalized spacial score (nSPS) is 14.0. The summed E-state index contributed by atoms with van der Waals surface area (Å²) in [6, 6.07) is 0. The smallest absolute Gasteiger partial charge is 0.462 e. The Hall–Kier alpha value is -1.94. The maximum Gasteiger partial charge on any atom is 0.472 e. The van der Waals surface area contributed by atoms with Crippen molar-refractivity contribution in [1.29, 1.82) is 0 Å². The van der Waals surface area contributed by atoms with Crippen molar-refractivity contribution >= 4 is 39.5 Å². The third-order valence-corrected chi connectivity index (χ3v) is 21.0. The number of esters is 4. The number of unbranched alkanes of at least 4 members (excludes halogenated alkanes) is 48. The molecule has 2 unspecified atom stereocenters. The summed E-state index contributed by atoms with van der Waals surface area (Å²) in [6.07, 6.45) is 61.0. The van der Waals surface area contributed by atoms with Crippen LogP contribution in [-0.2, 0) is 65.4 Å². The third kappa shape index (κ3) is 76.1. The zero-order valence-corrected chi connectivity index (χ0v) is 68.2. The van der Waals surface area contributed by atoms with Crippen LogP contribution in [0.1, 0.15) is 427 Å². The fraction of sp³-hybridized carbons (Fsp3) is 0.951. The minimum atomic E-state index is -4.96. The molecule has 0 fully saturated rings. The lowest BCUT2D eigenvalue weighted by atomic mass is 10.0. The van der Waals surface area contributed by atoms with Crippen LogP contribution in [0, 0.1) is 17.8 Å². The van der Waals surface area contributed by atoms with Crippen LogP contribution in [0.15, 0.2) is 0 Å². The average Bonchev–Trinajstić information content (AvgIpc) is 0.944. The van der Waals surface area contributed by atoms with Gasteiger partial charge in [0.05, 0.1) is 26.4 Å². The largest absolute Gasteiger partial charge is 0.472 e. The third-order valence-electron chi connectivity index (χ3n) is 19.1. The monoisotopic (exact) mass is 1480 g/mol. The number of aliphatic hydroxyl groups excluding tert-OH is 1. The van der Waals surface area contributed by atoms with Gasteiger partial charge < -0.3 is 33.8 Å². The minimum Gasteiger partial charge on any atom is -0.462 e. The predicted octanol–water partition coefficient (Wildman–Crippen LogP) is 24.5. The molecule has 0 aliphatic rings. The van der Waals surface area contributed by atoms with Gasteiger partial charge in [-0.1, -0.05) is 376 Å². The molecule has 0 aliphatic heterocycles. The van der Waals surface area contributed by atoms with Gasteiger partial charge in [0.25, 0.3) is 0 Å². The van der Waals surface area contributed by atoms with Crippen molar-refractivity contribution < 1.29 is 80.2 Å². The summed E-state index contributed by atoms with van der Waals surface area (Å²) in [5, 5.41) is 10.7. The molecule has 0 saturated carbocycles. The predicted molar refractivity (Wildman–Crippen MR) is 414 cm³/mol. The highest BCUT2D eigenvalue weighted by Crippen LogP contribution is 2.45. The first-order valence-electron chi connectivity index (χ1n) is 42.3. The van der Waals surface area contributed by atoms with Crippen molar-refractivity contribution in [2.24, 2.45) is 17.8 Å². The van der Waals surface area contributed by atoms with Gasteiger partial charge in [-0.3, -0.25) is 37.3 Å². The highest BCUT2D eigenvalue weighted by Gasteiger charge is 2.30. The number of rotatable bonds is 80. The number of phosphoric acid groups is 2. The fourth-order valence-corrected chi connectivity index (χ4v) is 14.2. The summed E-state index contributed by atoms with van der Waals surface area (Å²) >= 11 is 0. The van der Waals surface area contributed by atoms with Crippen LogP contribution in [0.3, 0.4) is 0 Å². The van der Waals surface area contributed by atoms with E-state index in [4.69, 9.17) is 37.0 Å². The van der Waals surface area contributed by atoms with Gasteiger partial charge >= 0.3 is 39.5 Å². The highest BCUT2D eigenvalue weighted by molar-refractivity contribution is 7.47. The van der Waals surface area contributed by atoms with Gasteiger partial charge in [0.15, 0.2) is 12.2 Å². The summed E-state index contributed by atoms with van der Waals surface area (Å²) in [5.74, 6) is 0.201. The Bertz CT molecular complexity index is 1960. The molecule has 0 amide bonds. The zero-order valence-electron chi connectivity index (χ0n) is 66.4. The molecule has 0 radical (unpaired) electrons. The molecule has 17 nitrogen and oxygen atoms in total. The van der Waals surface area contributed by atoms with Crippen LogP contribution >= 0.6 is 15.6 Å². The molecule has 0 aromatic heterocycles. The molecule has 19 heteroatoms.